The zero-order valence-corrected chi connectivity index (χ0v) is 11.9. The molecule has 2 rings (SSSR count). The minimum absolute atomic E-state index is 0.252. The molecule has 0 bridgehead atoms. The van der Waals surface area contributed by atoms with Crippen molar-refractivity contribution in [1.29, 1.82) is 0 Å². The van der Waals surface area contributed by atoms with Crippen LogP contribution in [0, 0.1) is 0 Å². The maximum atomic E-state index is 11.8. The second-order valence-electron chi connectivity index (χ2n) is 4.24. The van der Waals surface area contributed by atoms with E-state index in [2.05, 4.69) is 5.32 Å². The first-order chi connectivity index (χ1) is 9.66. The van der Waals surface area contributed by atoms with E-state index in [1.54, 1.807) is 19.1 Å². The first kappa shape index (κ1) is 14.5. The van der Waals surface area contributed by atoms with Crippen molar-refractivity contribution < 1.29 is 13.9 Å². The maximum absolute atomic E-state index is 11.8. The van der Waals surface area contributed by atoms with Crippen molar-refractivity contribution in [3.05, 3.63) is 54.0 Å². The van der Waals surface area contributed by atoms with Crippen LogP contribution >= 0.6 is 11.6 Å². The van der Waals surface area contributed by atoms with Gasteiger partial charge in [0.2, 0.25) is 0 Å². The molecule has 1 amide bonds. The molecule has 1 heterocycles. The lowest BCUT2D eigenvalue weighted by molar-refractivity contribution is 0.0917. The Balaban J connectivity index is 1.75. The minimum atomic E-state index is -0.273. The molecule has 4 nitrogen and oxygen atoms in total. The predicted molar refractivity (Wildman–Crippen MR) is 77.2 cm³/mol. The summed E-state index contributed by atoms with van der Waals surface area (Å²) in [6.45, 7) is 2.59. The number of carbonyl (C=O) groups excluding carboxylic acids is 1. The molecule has 1 aromatic carbocycles. The second-order valence-corrected chi connectivity index (χ2v) is 4.89. The minimum Gasteiger partial charge on any atom is -0.492 e. The number of rotatable bonds is 6. The normalized spacial score (nSPS) is 11.9. The average Bonchev–Trinajstić information content (AvgIpc) is 2.94. The van der Waals surface area contributed by atoms with Crippen molar-refractivity contribution >= 4 is 17.5 Å². The largest absolute Gasteiger partial charge is 0.492 e. The molecule has 1 unspecified atom stereocenters. The Morgan fingerprint density at radius 1 is 1.30 bits per heavy atom. The lowest BCUT2D eigenvalue weighted by Crippen LogP contribution is -2.27. The molecule has 1 atom stereocenters. The van der Waals surface area contributed by atoms with Gasteiger partial charge in [0.1, 0.15) is 18.1 Å². The van der Waals surface area contributed by atoms with Crippen LogP contribution in [0.1, 0.15) is 28.6 Å². The van der Waals surface area contributed by atoms with Crippen LogP contribution in [-0.4, -0.2) is 19.1 Å². The summed E-state index contributed by atoms with van der Waals surface area (Å²) in [6.07, 6.45) is 0. The number of halogens is 1. The number of hydrogen-bond acceptors (Lipinski definition) is 3. The Hall–Kier alpha value is -1.94. The van der Waals surface area contributed by atoms with Crippen LogP contribution in [0.15, 0.2) is 46.9 Å². The number of hydrogen-bond donors (Lipinski definition) is 1. The van der Waals surface area contributed by atoms with Gasteiger partial charge in [-0.25, -0.2) is 0 Å². The van der Waals surface area contributed by atoms with Gasteiger partial charge in [0.25, 0.3) is 5.91 Å². The summed E-state index contributed by atoms with van der Waals surface area (Å²) in [4.78, 5) is 11.8. The molecule has 106 valence electrons. The zero-order valence-electron chi connectivity index (χ0n) is 11.1. The van der Waals surface area contributed by atoms with E-state index < -0.39 is 0 Å². The van der Waals surface area contributed by atoms with Crippen LogP contribution in [0.2, 0.25) is 0 Å². The third-order valence-electron chi connectivity index (χ3n) is 2.64. The molecule has 0 aliphatic heterocycles. The number of amides is 1. The Labute approximate surface area is 122 Å². The van der Waals surface area contributed by atoms with Crippen LogP contribution in [0.25, 0.3) is 0 Å². The van der Waals surface area contributed by atoms with Crippen molar-refractivity contribution in [3.8, 4) is 5.75 Å². The number of furan rings is 1. The molecule has 20 heavy (non-hydrogen) atoms. The van der Waals surface area contributed by atoms with Crippen molar-refractivity contribution in [1.82, 2.24) is 5.32 Å². The summed E-state index contributed by atoms with van der Waals surface area (Å²) in [5, 5.41) is 2.47. The monoisotopic (exact) mass is 293 g/mol. The molecule has 0 saturated carbocycles. The highest BCUT2D eigenvalue weighted by molar-refractivity contribution is 6.20. The summed E-state index contributed by atoms with van der Waals surface area (Å²) >= 11 is 5.87. The Morgan fingerprint density at radius 2 is 2.05 bits per heavy atom. The van der Waals surface area contributed by atoms with E-state index >= 15 is 0 Å². The molecule has 0 radical (unpaired) electrons. The van der Waals surface area contributed by atoms with Crippen LogP contribution in [0.4, 0.5) is 0 Å². The van der Waals surface area contributed by atoms with Gasteiger partial charge in [-0.05, 0) is 31.2 Å². The third-order valence-corrected chi connectivity index (χ3v) is 2.86. The van der Waals surface area contributed by atoms with E-state index in [-0.39, 0.29) is 17.0 Å². The Morgan fingerprint density at radius 3 is 2.70 bits per heavy atom. The Kier molecular flexibility index (Phi) is 5.07. The zero-order chi connectivity index (χ0) is 14.4. The first-order valence-corrected chi connectivity index (χ1v) is 6.80. The third kappa shape index (κ3) is 4.03. The molecular formula is C15H16ClNO3. The summed E-state index contributed by atoms with van der Waals surface area (Å²) in [6, 6.07) is 12.7. The molecule has 0 fully saturated rings. The Bertz CT molecular complexity index is 551. The fourth-order valence-corrected chi connectivity index (χ4v) is 1.74. The molecule has 1 N–H and O–H groups in total. The SMILES string of the molecule is CC(Cl)c1ccc(C(=O)NCCOc2ccccc2)o1. The molecule has 0 saturated heterocycles. The summed E-state index contributed by atoms with van der Waals surface area (Å²) in [5.41, 5.74) is 0. The summed E-state index contributed by atoms with van der Waals surface area (Å²) in [5.74, 6) is 1.34. The smallest absolute Gasteiger partial charge is 0.287 e. The van der Waals surface area contributed by atoms with Gasteiger partial charge >= 0.3 is 0 Å². The summed E-state index contributed by atoms with van der Waals surface area (Å²) < 4.78 is 10.8. The predicted octanol–water partition coefficient (Wildman–Crippen LogP) is 3.39. The van der Waals surface area contributed by atoms with Gasteiger partial charge < -0.3 is 14.5 Å². The molecule has 1 aromatic heterocycles. The number of para-hydroxylation sites is 1. The van der Waals surface area contributed by atoms with Gasteiger partial charge in [-0.3, -0.25) is 4.79 Å². The molecule has 5 heteroatoms. The number of ether oxygens (including phenoxy) is 1. The van der Waals surface area contributed by atoms with E-state index in [0.717, 1.165) is 5.75 Å². The lowest BCUT2D eigenvalue weighted by Gasteiger charge is -2.06. The van der Waals surface area contributed by atoms with E-state index in [4.69, 9.17) is 20.8 Å². The highest BCUT2D eigenvalue weighted by Gasteiger charge is 2.13. The standard InChI is InChI=1S/C15H16ClNO3/c1-11(16)13-7-8-14(20-13)15(18)17-9-10-19-12-5-3-2-4-6-12/h2-8,11H,9-10H2,1H3,(H,17,18). The lowest BCUT2D eigenvalue weighted by atomic mass is 10.3. The van der Waals surface area contributed by atoms with Crippen LogP contribution in [0.3, 0.4) is 0 Å². The molecule has 2 aromatic rings. The second kappa shape index (κ2) is 7.01. The van der Waals surface area contributed by atoms with Gasteiger partial charge in [0.15, 0.2) is 5.76 Å². The molecule has 0 spiro atoms. The van der Waals surface area contributed by atoms with Crippen LogP contribution in [-0.2, 0) is 0 Å². The average molecular weight is 294 g/mol. The number of alkyl halides is 1. The fourth-order valence-electron chi connectivity index (χ4n) is 1.63. The van der Waals surface area contributed by atoms with E-state index in [1.165, 1.54) is 0 Å². The van der Waals surface area contributed by atoms with Gasteiger partial charge in [-0.15, -0.1) is 11.6 Å². The van der Waals surface area contributed by atoms with Crippen molar-refractivity contribution in [2.75, 3.05) is 13.2 Å². The van der Waals surface area contributed by atoms with Crippen molar-refractivity contribution in [2.24, 2.45) is 0 Å². The van der Waals surface area contributed by atoms with E-state index in [1.807, 2.05) is 30.3 Å². The van der Waals surface area contributed by atoms with Crippen LogP contribution < -0.4 is 10.1 Å². The van der Waals surface area contributed by atoms with Gasteiger partial charge in [0.05, 0.1) is 11.9 Å². The van der Waals surface area contributed by atoms with Gasteiger partial charge in [0, 0.05) is 0 Å². The van der Waals surface area contributed by atoms with Crippen molar-refractivity contribution in [2.45, 2.75) is 12.3 Å². The quantitative estimate of drug-likeness (QED) is 0.656. The van der Waals surface area contributed by atoms with E-state index in [9.17, 15) is 4.79 Å². The number of benzene rings is 1. The molecule has 0 aliphatic carbocycles. The van der Waals surface area contributed by atoms with Crippen LogP contribution in [0.5, 0.6) is 5.75 Å². The van der Waals surface area contributed by atoms with E-state index in [0.29, 0.717) is 18.9 Å². The fraction of sp³-hybridized carbons (Fsp3) is 0.267. The van der Waals surface area contributed by atoms with Crippen molar-refractivity contribution in [3.63, 3.8) is 0 Å². The number of nitrogens with one attached hydrogen (secondary N) is 1. The van der Waals surface area contributed by atoms with Gasteiger partial charge in [-0.1, -0.05) is 18.2 Å². The highest BCUT2D eigenvalue weighted by atomic mass is 35.5. The topological polar surface area (TPSA) is 51.5 Å². The van der Waals surface area contributed by atoms with Gasteiger partial charge in [-0.2, -0.15) is 0 Å². The summed E-state index contributed by atoms with van der Waals surface area (Å²) in [7, 11) is 0. The maximum Gasteiger partial charge on any atom is 0.287 e. The molecule has 0 aliphatic rings. The number of carbonyl (C=O) groups is 1. The molecular weight excluding hydrogens is 278 g/mol. The first-order valence-electron chi connectivity index (χ1n) is 6.36. The highest BCUT2D eigenvalue weighted by Crippen LogP contribution is 2.21.